The van der Waals surface area contributed by atoms with Gasteiger partial charge in [0.05, 0.1) is 25.1 Å². The zero-order valence-corrected chi connectivity index (χ0v) is 18.6. The van der Waals surface area contributed by atoms with Crippen LogP contribution in [0.25, 0.3) is 0 Å². The highest BCUT2D eigenvalue weighted by atomic mass is 32.2. The predicted octanol–water partition coefficient (Wildman–Crippen LogP) is 3.14. The van der Waals surface area contributed by atoms with Crippen molar-refractivity contribution in [2.24, 2.45) is 0 Å². The van der Waals surface area contributed by atoms with Gasteiger partial charge >= 0.3 is 0 Å². The van der Waals surface area contributed by atoms with E-state index in [1.807, 2.05) is 38.1 Å². The molecule has 1 N–H and O–H groups in total. The minimum absolute atomic E-state index is 0.136. The summed E-state index contributed by atoms with van der Waals surface area (Å²) in [6, 6.07) is 14.6. The zero-order valence-electron chi connectivity index (χ0n) is 17.8. The van der Waals surface area contributed by atoms with E-state index in [0.717, 1.165) is 17.6 Å². The maximum absolute atomic E-state index is 12.2. The number of carbonyl (C=O) groups excluding carboxylic acids is 1. The Morgan fingerprint density at radius 3 is 2.20 bits per heavy atom. The molecule has 0 unspecified atom stereocenters. The number of hydrogen-bond donors (Lipinski definition) is 1. The molecule has 0 heterocycles. The van der Waals surface area contributed by atoms with E-state index < -0.39 is 10.0 Å². The summed E-state index contributed by atoms with van der Waals surface area (Å²) in [5.41, 5.74) is 1.71. The summed E-state index contributed by atoms with van der Waals surface area (Å²) in [6.45, 7) is 5.42. The van der Waals surface area contributed by atoms with Crippen molar-refractivity contribution >= 4 is 21.6 Å². The van der Waals surface area contributed by atoms with Crippen molar-refractivity contribution in [1.82, 2.24) is 5.32 Å². The fraction of sp³-hybridized carbons (Fsp3) is 0.409. The number of nitrogens with one attached hydrogen (secondary N) is 1. The van der Waals surface area contributed by atoms with Crippen LogP contribution in [-0.2, 0) is 14.8 Å². The van der Waals surface area contributed by atoms with E-state index in [9.17, 15) is 13.2 Å². The second kappa shape index (κ2) is 11.4. The van der Waals surface area contributed by atoms with Gasteiger partial charge in [-0.15, -0.1) is 0 Å². The van der Waals surface area contributed by atoms with Gasteiger partial charge in [0.2, 0.25) is 15.9 Å². The van der Waals surface area contributed by atoms with Crippen molar-refractivity contribution in [1.29, 1.82) is 0 Å². The maximum Gasteiger partial charge on any atom is 0.232 e. The second-order valence-corrected chi connectivity index (χ2v) is 8.78. The van der Waals surface area contributed by atoms with Crippen molar-refractivity contribution in [3.63, 3.8) is 0 Å². The highest BCUT2D eigenvalue weighted by Gasteiger charge is 2.17. The minimum atomic E-state index is -3.45. The van der Waals surface area contributed by atoms with E-state index >= 15 is 0 Å². The van der Waals surface area contributed by atoms with Gasteiger partial charge in [0.25, 0.3) is 0 Å². The van der Waals surface area contributed by atoms with Crippen LogP contribution in [0.15, 0.2) is 48.5 Å². The highest BCUT2D eigenvalue weighted by Crippen LogP contribution is 2.22. The Morgan fingerprint density at radius 2 is 1.60 bits per heavy atom. The van der Waals surface area contributed by atoms with Crippen molar-refractivity contribution in [2.45, 2.75) is 26.7 Å². The van der Waals surface area contributed by atoms with Gasteiger partial charge < -0.3 is 14.8 Å². The first-order valence-corrected chi connectivity index (χ1v) is 11.8. The Bertz CT molecular complexity index is 896. The van der Waals surface area contributed by atoms with E-state index in [0.29, 0.717) is 37.6 Å². The van der Waals surface area contributed by atoms with Gasteiger partial charge in [-0.3, -0.25) is 9.10 Å². The van der Waals surface area contributed by atoms with Crippen LogP contribution >= 0.6 is 0 Å². The molecule has 0 saturated heterocycles. The summed E-state index contributed by atoms with van der Waals surface area (Å²) < 4.78 is 36.6. The van der Waals surface area contributed by atoms with Gasteiger partial charge in [0.15, 0.2) is 0 Å². The van der Waals surface area contributed by atoms with Crippen LogP contribution in [0.3, 0.4) is 0 Å². The number of aryl methyl sites for hydroxylation is 1. The number of nitrogens with zero attached hydrogens (tertiary/aromatic N) is 1. The van der Waals surface area contributed by atoms with E-state index in [2.05, 4.69) is 5.32 Å². The molecule has 0 aliphatic carbocycles. The number of hydrogen-bond acceptors (Lipinski definition) is 5. The first kappa shape index (κ1) is 23.5. The summed E-state index contributed by atoms with van der Waals surface area (Å²) in [7, 11) is -3.45. The van der Waals surface area contributed by atoms with Gasteiger partial charge in [0, 0.05) is 13.0 Å². The van der Waals surface area contributed by atoms with Crippen LogP contribution in [0.2, 0.25) is 0 Å². The Balaban J connectivity index is 1.76. The smallest absolute Gasteiger partial charge is 0.232 e. The number of ether oxygens (including phenoxy) is 2. The lowest BCUT2D eigenvalue weighted by molar-refractivity contribution is -0.121. The first-order valence-electron chi connectivity index (χ1n) is 9.96. The Hall–Kier alpha value is -2.74. The average Bonchev–Trinajstić information content (AvgIpc) is 2.70. The normalized spacial score (nSPS) is 11.0. The molecule has 0 fully saturated rings. The van der Waals surface area contributed by atoms with Crippen molar-refractivity contribution in [3.05, 3.63) is 54.1 Å². The summed E-state index contributed by atoms with van der Waals surface area (Å²) in [5.74, 6) is 1.30. The number of rotatable bonds is 12. The molecule has 0 atom stereocenters. The minimum Gasteiger partial charge on any atom is -0.494 e. The third kappa shape index (κ3) is 7.94. The van der Waals surface area contributed by atoms with E-state index in [-0.39, 0.29) is 18.9 Å². The highest BCUT2D eigenvalue weighted by molar-refractivity contribution is 7.92. The number of carbonyl (C=O) groups is 1. The van der Waals surface area contributed by atoms with Gasteiger partial charge in [-0.05, 0) is 56.7 Å². The number of amides is 1. The van der Waals surface area contributed by atoms with Crippen molar-refractivity contribution in [3.8, 4) is 11.5 Å². The lowest BCUT2D eigenvalue weighted by atomic mass is 10.2. The van der Waals surface area contributed by atoms with Crippen LogP contribution < -0.4 is 19.1 Å². The van der Waals surface area contributed by atoms with Crippen LogP contribution in [0.5, 0.6) is 11.5 Å². The topological polar surface area (TPSA) is 84.9 Å². The predicted molar refractivity (Wildman–Crippen MR) is 119 cm³/mol. The molecule has 0 saturated carbocycles. The molecule has 2 aromatic rings. The summed E-state index contributed by atoms with van der Waals surface area (Å²) in [5, 5.41) is 2.79. The molecule has 7 nitrogen and oxygen atoms in total. The Labute approximate surface area is 179 Å². The molecule has 2 rings (SSSR count). The number of anilines is 1. The van der Waals surface area contributed by atoms with E-state index in [1.54, 1.807) is 24.3 Å². The summed E-state index contributed by atoms with van der Waals surface area (Å²) in [4.78, 5) is 12.0. The quantitative estimate of drug-likeness (QED) is 0.519. The van der Waals surface area contributed by atoms with E-state index in [4.69, 9.17) is 9.47 Å². The molecule has 0 aliphatic heterocycles. The lowest BCUT2D eigenvalue weighted by Crippen LogP contribution is -2.32. The molecule has 0 aromatic heterocycles. The van der Waals surface area contributed by atoms with Crippen LogP contribution in [0, 0.1) is 6.92 Å². The average molecular weight is 435 g/mol. The van der Waals surface area contributed by atoms with Gasteiger partial charge in [-0.2, -0.15) is 0 Å². The SMILES string of the molecule is CCOc1ccc(N(CCCC(=O)NCCOc2ccc(C)cc2)S(C)(=O)=O)cc1. The Morgan fingerprint density at radius 1 is 1.00 bits per heavy atom. The molecule has 0 aliphatic rings. The molecule has 0 bridgehead atoms. The largest absolute Gasteiger partial charge is 0.494 e. The summed E-state index contributed by atoms with van der Waals surface area (Å²) in [6.07, 6.45) is 1.80. The van der Waals surface area contributed by atoms with Gasteiger partial charge in [-0.25, -0.2) is 8.42 Å². The number of benzene rings is 2. The molecular formula is C22H30N2O5S. The second-order valence-electron chi connectivity index (χ2n) is 6.88. The molecule has 30 heavy (non-hydrogen) atoms. The third-order valence-corrected chi connectivity index (χ3v) is 5.51. The van der Waals surface area contributed by atoms with E-state index in [1.165, 1.54) is 4.31 Å². The standard InChI is InChI=1S/C22H30N2O5S/c1-4-28-20-13-9-19(10-14-20)24(30(3,26)27)16-5-6-22(25)23-15-17-29-21-11-7-18(2)8-12-21/h7-14H,4-6,15-17H2,1-3H3,(H,23,25). The zero-order chi connectivity index (χ0) is 22.0. The van der Waals surface area contributed by atoms with Gasteiger partial charge in [0.1, 0.15) is 18.1 Å². The van der Waals surface area contributed by atoms with Crippen LogP contribution in [0.1, 0.15) is 25.3 Å². The fourth-order valence-corrected chi connectivity index (χ4v) is 3.79. The number of sulfonamides is 1. The van der Waals surface area contributed by atoms with Gasteiger partial charge in [-0.1, -0.05) is 17.7 Å². The third-order valence-electron chi connectivity index (χ3n) is 4.32. The van der Waals surface area contributed by atoms with Crippen molar-refractivity contribution < 1.29 is 22.7 Å². The fourth-order valence-electron chi connectivity index (χ4n) is 2.83. The maximum atomic E-state index is 12.2. The van der Waals surface area contributed by atoms with Crippen molar-refractivity contribution in [2.75, 3.05) is 36.9 Å². The molecule has 0 spiro atoms. The monoisotopic (exact) mass is 434 g/mol. The summed E-state index contributed by atoms with van der Waals surface area (Å²) >= 11 is 0. The first-order chi connectivity index (χ1) is 14.3. The molecule has 2 aromatic carbocycles. The van der Waals surface area contributed by atoms with Crippen LogP contribution in [0.4, 0.5) is 5.69 Å². The molecule has 0 radical (unpaired) electrons. The molecular weight excluding hydrogens is 404 g/mol. The molecule has 8 heteroatoms. The lowest BCUT2D eigenvalue weighted by Gasteiger charge is -2.22. The molecule has 1 amide bonds. The van der Waals surface area contributed by atoms with Crippen LogP contribution in [-0.4, -0.2) is 46.9 Å². The molecule has 164 valence electrons. The Kier molecular flexibility index (Phi) is 8.98.